The Labute approximate surface area is 124 Å². The van der Waals surface area contributed by atoms with Gasteiger partial charge >= 0.3 is 0 Å². The Morgan fingerprint density at radius 1 is 1.19 bits per heavy atom. The minimum Gasteiger partial charge on any atom is -0.327 e. The van der Waals surface area contributed by atoms with E-state index < -0.39 is 4.92 Å². The van der Waals surface area contributed by atoms with Gasteiger partial charge in [0.25, 0.3) is 11.6 Å². The van der Waals surface area contributed by atoms with Gasteiger partial charge in [-0.15, -0.1) is 0 Å². The molecule has 1 saturated heterocycles. The normalized spacial score (nSPS) is 16.8. The van der Waals surface area contributed by atoms with E-state index in [1.165, 1.54) is 49.1 Å². The summed E-state index contributed by atoms with van der Waals surface area (Å²) in [5.74, 6) is -0.0777. The van der Waals surface area contributed by atoms with Gasteiger partial charge in [0.1, 0.15) is 0 Å². The summed E-state index contributed by atoms with van der Waals surface area (Å²) < 4.78 is 0. The van der Waals surface area contributed by atoms with Crippen LogP contribution in [0.1, 0.15) is 32.1 Å². The van der Waals surface area contributed by atoms with E-state index in [4.69, 9.17) is 0 Å². The van der Waals surface area contributed by atoms with E-state index in [-0.39, 0.29) is 11.6 Å². The standard InChI is InChI=1S/C15H21N3O3/c19-15(12-17-9-4-2-1-3-5-10-17)16-13-7-6-8-14(11-13)18(20)21/h6-8,11H,1-5,9-10,12H2,(H,16,19)/p+1. The van der Waals surface area contributed by atoms with E-state index in [0.29, 0.717) is 12.2 Å². The van der Waals surface area contributed by atoms with E-state index in [1.807, 2.05) is 0 Å². The molecule has 0 unspecified atom stereocenters. The lowest BCUT2D eigenvalue weighted by molar-refractivity contribution is -0.892. The Hall–Kier alpha value is -1.95. The SMILES string of the molecule is O=C(C[NH+]1CCCCCCC1)Nc1cccc([N+](=O)[O-])c1. The largest absolute Gasteiger partial charge is 0.327 e. The summed E-state index contributed by atoms with van der Waals surface area (Å²) in [7, 11) is 0. The van der Waals surface area contributed by atoms with Gasteiger partial charge in [-0.05, 0) is 31.7 Å². The van der Waals surface area contributed by atoms with Crippen molar-refractivity contribution >= 4 is 17.3 Å². The number of hydrogen-bond acceptors (Lipinski definition) is 3. The van der Waals surface area contributed by atoms with Gasteiger partial charge in [-0.1, -0.05) is 12.5 Å². The van der Waals surface area contributed by atoms with Crippen LogP contribution in [-0.4, -0.2) is 30.5 Å². The predicted molar refractivity (Wildman–Crippen MR) is 80.4 cm³/mol. The van der Waals surface area contributed by atoms with Crippen molar-refractivity contribution in [2.24, 2.45) is 0 Å². The van der Waals surface area contributed by atoms with Crippen LogP contribution in [0.2, 0.25) is 0 Å². The van der Waals surface area contributed by atoms with E-state index >= 15 is 0 Å². The second-order valence-corrected chi connectivity index (χ2v) is 5.55. The highest BCUT2D eigenvalue weighted by molar-refractivity contribution is 5.91. The van der Waals surface area contributed by atoms with Gasteiger partial charge in [0.2, 0.25) is 0 Å². The minimum atomic E-state index is -0.459. The lowest BCUT2D eigenvalue weighted by Gasteiger charge is -2.21. The van der Waals surface area contributed by atoms with Gasteiger partial charge in [0.15, 0.2) is 6.54 Å². The van der Waals surface area contributed by atoms with Crippen molar-refractivity contribution in [3.63, 3.8) is 0 Å². The van der Waals surface area contributed by atoms with E-state index in [1.54, 1.807) is 12.1 Å². The number of carbonyl (C=O) groups excluding carboxylic acids is 1. The number of nitrogens with one attached hydrogen (secondary N) is 2. The molecule has 0 aliphatic carbocycles. The molecule has 114 valence electrons. The highest BCUT2D eigenvalue weighted by Gasteiger charge is 2.16. The zero-order valence-corrected chi connectivity index (χ0v) is 12.1. The lowest BCUT2D eigenvalue weighted by atomic mass is 10.1. The van der Waals surface area contributed by atoms with Crippen molar-refractivity contribution in [2.45, 2.75) is 32.1 Å². The van der Waals surface area contributed by atoms with Crippen LogP contribution in [0.3, 0.4) is 0 Å². The average Bonchev–Trinajstić information content (AvgIpc) is 2.42. The first kappa shape index (κ1) is 15.4. The monoisotopic (exact) mass is 292 g/mol. The maximum atomic E-state index is 12.1. The number of hydrogen-bond donors (Lipinski definition) is 2. The smallest absolute Gasteiger partial charge is 0.279 e. The van der Waals surface area contributed by atoms with Gasteiger partial charge in [0, 0.05) is 17.8 Å². The molecular weight excluding hydrogens is 270 g/mol. The summed E-state index contributed by atoms with van der Waals surface area (Å²) in [5, 5.41) is 13.5. The Balaban J connectivity index is 1.88. The van der Waals surface area contributed by atoms with Gasteiger partial charge < -0.3 is 10.2 Å². The Bertz CT molecular complexity index is 497. The van der Waals surface area contributed by atoms with Gasteiger partial charge in [-0.25, -0.2) is 0 Å². The van der Waals surface area contributed by atoms with E-state index in [2.05, 4.69) is 5.32 Å². The van der Waals surface area contributed by atoms with Crippen molar-refractivity contribution in [1.29, 1.82) is 0 Å². The Kier molecular flexibility index (Phi) is 5.68. The van der Waals surface area contributed by atoms with Crippen LogP contribution in [0, 0.1) is 10.1 Å². The zero-order chi connectivity index (χ0) is 15.1. The first-order chi connectivity index (χ1) is 10.1. The molecule has 1 amide bonds. The molecule has 6 nitrogen and oxygen atoms in total. The minimum absolute atomic E-state index is 0.00796. The summed E-state index contributed by atoms with van der Waals surface area (Å²) in [4.78, 5) is 23.6. The van der Waals surface area contributed by atoms with E-state index in [9.17, 15) is 14.9 Å². The van der Waals surface area contributed by atoms with Crippen LogP contribution in [0.25, 0.3) is 0 Å². The van der Waals surface area contributed by atoms with Crippen LogP contribution >= 0.6 is 0 Å². The molecule has 2 N–H and O–H groups in total. The molecule has 1 fully saturated rings. The molecule has 6 heteroatoms. The average molecular weight is 292 g/mol. The number of rotatable bonds is 4. The number of nitrogens with zero attached hydrogens (tertiary/aromatic N) is 1. The number of likely N-dealkylation sites (tertiary alicyclic amines) is 1. The Morgan fingerprint density at radius 2 is 1.86 bits per heavy atom. The zero-order valence-electron chi connectivity index (χ0n) is 12.1. The third-order valence-electron chi connectivity index (χ3n) is 3.81. The topological polar surface area (TPSA) is 76.7 Å². The molecule has 0 radical (unpaired) electrons. The molecule has 1 aromatic carbocycles. The molecule has 1 aliphatic rings. The summed E-state index contributed by atoms with van der Waals surface area (Å²) in [6.45, 7) is 2.49. The number of quaternary nitrogens is 1. The molecular formula is C15H22N3O3+. The molecule has 1 aromatic rings. The molecule has 21 heavy (non-hydrogen) atoms. The summed E-state index contributed by atoms with van der Waals surface area (Å²) in [6, 6.07) is 6.06. The number of nitro benzene ring substituents is 1. The maximum absolute atomic E-state index is 12.1. The maximum Gasteiger partial charge on any atom is 0.279 e. The number of amides is 1. The fraction of sp³-hybridized carbons (Fsp3) is 0.533. The van der Waals surface area contributed by atoms with E-state index in [0.717, 1.165) is 13.1 Å². The number of carbonyl (C=O) groups is 1. The van der Waals surface area contributed by atoms with Crippen molar-refractivity contribution < 1.29 is 14.6 Å². The van der Waals surface area contributed by atoms with Gasteiger partial charge in [-0.3, -0.25) is 14.9 Å². The highest BCUT2D eigenvalue weighted by Crippen LogP contribution is 2.16. The first-order valence-corrected chi connectivity index (χ1v) is 7.53. The van der Waals surface area contributed by atoms with Crippen LogP contribution in [0.15, 0.2) is 24.3 Å². The number of benzene rings is 1. The highest BCUT2D eigenvalue weighted by atomic mass is 16.6. The van der Waals surface area contributed by atoms with Crippen LogP contribution < -0.4 is 10.2 Å². The fourth-order valence-corrected chi connectivity index (χ4v) is 2.71. The van der Waals surface area contributed by atoms with Crippen LogP contribution in [-0.2, 0) is 4.79 Å². The Morgan fingerprint density at radius 3 is 2.52 bits per heavy atom. The lowest BCUT2D eigenvalue weighted by Crippen LogP contribution is -3.13. The summed E-state index contributed by atoms with van der Waals surface area (Å²) >= 11 is 0. The van der Waals surface area contributed by atoms with Crippen molar-refractivity contribution in [2.75, 3.05) is 25.0 Å². The van der Waals surface area contributed by atoms with Crippen molar-refractivity contribution in [1.82, 2.24) is 0 Å². The van der Waals surface area contributed by atoms with Gasteiger partial charge in [0.05, 0.1) is 18.0 Å². The number of non-ortho nitro benzene ring substituents is 1. The second-order valence-electron chi connectivity index (χ2n) is 5.55. The molecule has 0 aromatic heterocycles. The molecule has 2 rings (SSSR count). The predicted octanol–water partition coefficient (Wildman–Crippen LogP) is 1.38. The number of nitro groups is 1. The quantitative estimate of drug-likeness (QED) is 0.650. The molecule has 1 heterocycles. The third kappa shape index (κ3) is 5.15. The fourth-order valence-electron chi connectivity index (χ4n) is 2.71. The van der Waals surface area contributed by atoms with Gasteiger partial charge in [-0.2, -0.15) is 0 Å². The molecule has 0 bridgehead atoms. The summed E-state index contributed by atoms with van der Waals surface area (Å²) in [6.07, 6.45) is 6.12. The molecule has 0 saturated carbocycles. The first-order valence-electron chi connectivity index (χ1n) is 7.53. The van der Waals surface area contributed by atoms with Crippen molar-refractivity contribution in [3.05, 3.63) is 34.4 Å². The second kappa shape index (κ2) is 7.73. The molecule has 0 spiro atoms. The van der Waals surface area contributed by atoms with Crippen LogP contribution in [0.4, 0.5) is 11.4 Å². The number of anilines is 1. The van der Waals surface area contributed by atoms with Crippen LogP contribution in [0.5, 0.6) is 0 Å². The van der Waals surface area contributed by atoms with Crippen molar-refractivity contribution in [3.8, 4) is 0 Å². The molecule has 1 aliphatic heterocycles. The third-order valence-corrected chi connectivity index (χ3v) is 3.81. The molecule has 0 atom stereocenters. The summed E-state index contributed by atoms with van der Waals surface area (Å²) in [5.41, 5.74) is 0.479.